The van der Waals surface area contributed by atoms with Crippen LogP contribution in [0.1, 0.15) is 52.6 Å². The van der Waals surface area contributed by atoms with Crippen molar-refractivity contribution in [1.29, 1.82) is 0 Å². The predicted octanol–water partition coefficient (Wildman–Crippen LogP) is 6.35. The number of aryl methyl sites for hydroxylation is 1. The summed E-state index contributed by atoms with van der Waals surface area (Å²) in [7, 11) is 0. The molecule has 0 saturated carbocycles. The van der Waals surface area contributed by atoms with E-state index in [-0.39, 0.29) is 36.7 Å². The van der Waals surface area contributed by atoms with Crippen LogP contribution in [0.5, 0.6) is 0 Å². The number of halogens is 6. The van der Waals surface area contributed by atoms with Crippen molar-refractivity contribution in [3.05, 3.63) is 106 Å². The summed E-state index contributed by atoms with van der Waals surface area (Å²) in [6.45, 7) is 2.18. The molecule has 2 aliphatic heterocycles. The van der Waals surface area contributed by atoms with Gasteiger partial charge in [-0.25, -0.2) is 0 Å². The quantitative estimate of drug-likeness (QED) is 0.119. The molecule has 2 aliphatic rings. The third-order valence-corrected chi connectivity index (χ3v) is 9.21. The van der Waals surface area contributed by atoms with Gasteiger partial charge in [0.05, 0.1) is 30.2 Å². The highest BCUT2D eigenvalue weighted by molar-refractivity contribution is 5.90. The zero-order chi connectivity index (χ0) is 36.8. The Morgan fingerprint density at radius 1 is 0.784 bits per heavy atom. The lowest BCUT2D eigenvalue weighted by Crippen LogP contribution is -2.72. The third-order valence-electron chi connectivity index (χ3n) is 9.21. The molecule has 2 fully saturated rings. The van der Waals surface area contributed by atoms with Crippen molar-refractivity contribution < 1.29 is 45.4 Å². The van der Waals surface area contributed by atoms with Gasteiger partial charge in [-0.15, -0.1) is 0 Å². The summed E-state index contributed by atoms with van der Waals surface area (Å²) >= 11 is 0. The van der Waals surface area contributed by atoms with Crippen LogP contribution in [-0.2, 0) is 51.0 Å². The molecule has 0 aromatic heterocycles. The average Bonchev–Trinajstić information content (AvgIpc) is 3.08. The monoisotopic (exact) mass is 720 g/mol. The molecule has 5 rings (SSSR count). The van der Waals surface area contributed by atoms with Gasteiger partial charge in [-0.3, -0.25) is 14.5 Å². The van der Waals surface area contributed by atoms with E-state index in [1.54, 1.807) is 9.80 Å². The Morgan fingerprint density at radius 3 is 2.08 bits per heavy atom. The normalized spacial score (nSPS) is 20.2. The molecule has 2 N–H and O–H groups in total. The number of piperazine rings is 1. The lowest BCUT2D eigenvalue weighted by atomic mass is 9.90. The Bertz CT molecular complexity index is 1590. The largest absolute Gasteiger partial charge is 0.416 e. The fraction of sp³-hybridized carbons (Fsp3) is 0.459. The number of hydrogen-bond acceptors (Lipinski definition) is 6. The van der Waals surface area contributed by atoms with Crippen molar-refractivity contribution in [2.45, 2.75) is 70.3 Å². The summed E-state index contributed by atoms with van der Waals surface area (Å²) < 4.78 is 91.2. The second kappa shape index (κ2) is 16.6. The van der Waals surface area contributed by atoms with Gasteiger partial charge in [-0.05, 0) is 74.0 Å². The third kappa shape index (κ3) is 9.88. The molecule has 0 aliphatic carbocycles. The van der Waals surface area contributed by atoms with Crippen LogP contribution < -0.4 is 5.73 Å². The fourth-order valence-corrected chi connectivity index (χ4v) is 6.66. The minimum atomic E-state index is -4.98. The number of nitrogens with zero attached hydrogens (tertiary/aromatic N) is 3. The van der Waals surface area contributed by atoms with E-state index in [1.165, 1.54) is 0 Å². The number of alkyl halides is 6. The predicted molar refractivity (Wildman–Crippen MR) is 176 cm³/mol. The Morgan fingerprint density at radius 2 is 1.45 bits per heavy atom. The van der Waals surface area contributed by atoms with Crippen LogP contribution in [0, 0.1) is 12.8 Å². The molecule has 2 amide bonds. The number of amides is 2. The van der Waals surface area contributed by atoms with Crippen molar-refractivity contribution in [1.82, 2.24) is 14.7 Å². The fourth-order valence-electron chi connectivity index (χ4n) is 6.66. The van der Waals surface area contributed by atoms with Crippen LogP contribution in [0.4, 0.5) is 26.3 Å². The number of hydrogen-bond donors (Lipinski definition) is 1. The van der Waals surface area contributed by atoms with Crippen molar-refractivity contribution in [2.75, 3.05) is 33.2 Å². The molecule has 3 atom stereocenters. The molecule has 2 saturated heterocycles. The van der Waals surface area contributed by atoms with Gasteiger partial charge in [0.15, 0.2) is 0 Å². The van der Waals surface area contributed by atoms with Crippen LogP contribution in [0.3, 0.4) is 0 Å². The molecule has 0 spiro atoms. The van der Waals surface area contributed by atoms with Gasteiger partial charge in [0.25, 0.3) is 0 Å². The summed E-state index contributed by atoms with van der Waals surface area (Å²) in [6, 6.07) is 17.9. The molecule has 2 heterocycles. The van der Waals surface area contributed by atoms with E-state index >= 15 is 0 Å². The smallest absolute Gasteiger partial charge is 0.351 e. The molecular formula is C37H42F6N4O4. The molecule has 0 bridgehead atoms. The number of benzene rings is 3. The van der Waals surface area contributed by atoms with Gasteiger partial charge < -0.3 is 25.0 Å². The first kappa shape index (κ1) is 38.3. The maximum absolute atomic E-state index is 14.2. The summed E-state index contributed by atoms with van der Waals surface area (Å²) in [4.78, 5) is 33.6. The van der Waals surface area contributed by atoms with Gasteiger partial charge in [0, 0.05) is 13.1 Å². The molecule has 3 aromatic rings. The van der Waals surface area contributed by atoms with Gasteiger partial charge in [-0.1, -0.05) is 60.2 Å². The van der Waals surface area contributed by atoms with E-state index in [0.717, 1.165) is 16.7 Å². The molecule has 3 aromatic carbocycles. The van der Waals surface area contributed by atoms with E-state index < -0.39 is 55.0 Å². The molecule has 8 nitrogen and oxygen atoms in total. The van der Waals surface area contributed by atoms with E-state index in [0.29, 0.717) is 57.5 Å². The van der Waals surface area contributed by atoms with Crippen LogP contribution in [0.15, 0.2) is 72.8 Å². The van der Waals surface area contributed by atoms with Crippen LogP contribution in [0.25, 0.3) is 0 Å². The second-order valence-corrected chi connectivity index (χ2v) is 13.1. The Balaban J connectivity index is 1.34. The summed E-state index contributed by atoms with van der Waals surface area (Å²) in [5.74, 6) is -0.798. The van der Waals surface area contributed by atoms with Crippen molar-refractivity contribution in [3.63, 3.8) is 0 Å². The minimum absolute atomic E-state index is 0.0652. The van der Waals surface area contributed by atoms with Crippen molar-refractivity contribution >= 4 is 11.8 Å². The lowest BCUT2D eigenvalue weighted by Gasteiger charge is -2.54. The molecule has 1 unspecified atom stereocenters. The first-order valence-corrected chi connectivity index (χ1v) is 16.8. The van der Waals surface area contributed by atoms with E-state index in [2.05, 4.69) is 0 Å². The van der Waals surface area contributed by atoms with Crippen LogP contribution in [-0.4, -0.2) is 71.9 Å². The average molecular weight is 721 g/mol. The number of nitrogens with two attached hydrogens (primary N) is 1. The highest BCUT2D eigenvalue weighted by Crippen LogP contribution is 2.37. The molecule has 0 radical (unpaired) electrons. The maximum Gasteiger partial charge on any atom is 0.416 e. The van der Waals surface area contributed by atoms with Crippen molar-refractivity contribution in [3.8, 4) is 0 Å². The molecule has 14 heteroatoms. The SMILES string of the molecule is Cc1ccc(C[C@@H]2CN(COCOCc3cc(C(F)(F)F)cc(C(F)(F)F)c3)C3CN(Cc4ccccc4)C(=O)[C@H](CCCCN)N3C2=O)cc1. The van der Waals surface area contributed by atoms with Gasteiger partial charge in [-0.2, -0.15) is 26.3 Å². The Kier molecular flexibility index (Phi) is 12.4. The van der Waals surface area contributed by atoms with Gasteiger partial charge in [0.2, 0.25) is 11.8 Å². The Hall–Kier alpha value is -3.98. The highest BCUT2D eigenvalue weighted by atomic mass is 19.4. The standard InChI is InChI=1S/C37H42F6N4O4/c1-25-10-12-26(13-11-25)15-29-20-46(23-51-24-50-22-28-16-30(36(38,39)40)18-31(17-28)37(41,42)43)33-21-45(19-27-7-3-2-4-8-27)35(49)32(9-5-6-14-44)47(33)34(29)48/h2-4,7-8,10-13,16-18,29,32-33H,5-6,9,14-15,19-24,44H2,1H3/t29-,32+,33?/m1/s1. The number of carbonyl (C=O) groups excluding carboxylic acids is 2. The van der Waals surface area contributed by atoms with Crippen LogP contribution >= 0.6 is 0 Å². The first-order chi connectivity index (χ1) is 24.2. The van der Waals surface area contributed by atoms with E-state index in [1.807, 2.05) is 66.4 Å². The topological polar surface area (TPSA) is 88.3 Å². The van der Waals surface area contributed by atoms with Crippen LogP contribution in [0.2, 0.25) is 0 Å². The van der Waals surface area contributed by atoms with E-state index in [4.69, 9.17) is 15.2 Å². The lowest BCUT2D eigenvalue weighted by molar-refractivity contribution is -0.188. The van der Waals surface area contributed by atoms with Gasteiger partial charge in [0.1, 0.15) is 25.7 Å². The second-order valence-electron chi connectivity index (χ2n) is 13.1. The summed E-state index contributed by atoms with van der Waals surface area (Å²) in [5, 5.41) is 0. The molecule has 276 valence electrons. The molecular weight excluding hydrogens is 678 g/mol. The number of ether oxygens (including phenoxy) is 2. The number of fused-ring (bicyclic) bond motifs is 1. The number of carbonyl (C=O) groups is 2. The van der Waals surface area contributed by atoms with E-state index in [9.17, 15) is 35.9 Å². The summed E-state index contributed by atoms with van der Waals surface area (Å²) in [5.41, 5.74) is 5.56. The Labute approximate surface area is 293 Å². The summed E-state index contributed by atoms with van der Waals surface area (Å²) in [6.07, 6.45) is -8.33. The minimum Gasteiger partial charge on any atom is -0.351 e. The highest BCUT2D eigenvalue weighted by Gasteiger charge is 2.50. The number of rotatable bonds is 14. The van der Waals surface area contributed by atoms with Gasteiger partial charge >= 0.3 is 12.4 Å². The molecule has 51 heavy (non-hydrogen) atoms. The zero-order valence-electron chi connectivity index (χ0n) is 28.3. The van der Waals surface area contributed by atoms with Crippen molar-refractivity contribution in [2.24, 2.45) is 11.7 Å². The maximum atomic E-state index is 14.2. The number of unbranched alkanes of at least 4 members (excludes halogenated alkanes) is 1. The zero-order valence-corrected chi connectivity index (χ0v) is 28.3. The first-order valence-electron chi connectivity index (χ1n) is 16.8.